The third kappa shape index (κ3) is 5.87. The van der Waals surface area contributed by atoms with Gasteiger partial charge in [-0.2, -0.15) is 0 Å². The van der Waals surface area contributed by atoms with Gasteiger partial charge in [0.15, 0.2) is 5.76 Å². The van der Waals surface area contributed by atoms with Crippen molar-refractivity contribution in [2.24, 2.45) is 0 Å². The Hall–Kier alpha value is -2.98. The highest BCUT2D eigenvalue weighted by Gasteiger charge is 2.26. The molecule has 1 saturated heterocycles. The normalized spacial score (nSPS) is 17.9. The highest BCUT2D eigenvalue weighted by Crippen LogP contribution is 2.26. The Kier molecular flexibility index (Phi) is 7.52. The maximum absolute atomic E-state index is 10.6. The third-order valence-electron chi connectivity index (χ3n) is 6.53. The molecular formula is C27H32N4O4S. The number of piperazine rings is 1. The minimum atomic E-state index is -0.562. The van der Waals surface area contributed by atoms with Crippen LogP contribution in [0.3, 0.4) is 0 Å². The number of thiazole rings is 1. The van der Waals surface area contributed by atoms with E-state index in [1.807, 2.05) is 55.5 Å². The molecule has 0 spiro atoms. The lowest BCUT2D eigenvalue weighted by Gasteiger charge is -2.40. The summed E-state index contributed by atoms with van der Waals surface area (Å²) >= 11 is 1.67. The molecule has 1 aliphatic rings. The lowest BCUT2D eigenvalue weighted by atomic mass is 10.1. The zero-order valence-electron chi connectivity index (χ0n) is 20.9. The molecule has 2 aromatic carbocycles. The summed E-state index contributed by atoms with van der Waals surface area (Å²) in [7, 11) is 1.66. The quantitative estimate of drug-likeness (QED) is 0.360. The van der Waals surface area contributed by atoms with Gasteiger partial charge in [0.1, 0.15) is 29.9 Å². The van der Waals surface area contributed by atoms with E-state index in [-0.39, 0.29) is 6.61 Å². The van der Waals surface area contributed by atoms with Crippen molar-refractivity contribution in [2.45, 2.75) is 32.5 Å². The van der Waals surface area contributed by atoms with E-state index in [9.17, 15) is 5.11 Å². The molecule has 0 saturated carbocycles. The van der Waals surface area contributed by atoms with Gasteiger partial charge in [-0.25, -0.2) is 4.98 Å². The van der Waals surface area contributed by atoms with E-state index in [0.717, 1.165) is 63.4 Å². The summed E-state index contributed by atoms with van der Waals surface area (Å²) in [5.74, 6) is 2.41. The monoisotopic (exact) mass is 508 g/mol. The summed E-state index contributed by atoms with van der Waals surface area (Å²) < 4.78 is 17.8. The van der Waals surface area contributed by atoms with Crippen molar-refractivity contribution in [3.05, 3.63) is 59.3 Å². The van der Waals surface area contributed by atoms with Crippen molar-refractivity contribution in [3.63, 3.8) is 0 Å². The number of hydrogen-bond acceptors (Lipinski definition) is 9. The van der Waals surface area contributed by atoms with Crippen molar-refractivity contribution in [1.29, 1.82) is 0 Å². The summed E-state index contributed by atoms with van der Waals surface area (Å²) in [5.41, 5.74) is 2.77. The van der Waals surface area contributed by atoms with Crippen LogP contribution in [-0.4, -0.2) is 77.1 Å². The van der Waals surface area contributed by atoms with Crippen molar-refractivity contribution in [1.82, 2.24) is 19.9 Å². The lowest BCUT2D eigenvalue weighted by molar-refractivity contribution is 0.0178. The molecule has 2 atom stereocenters. The second-order valence-corrected chi connectivity index (χ2v) is 10.5. The molecule has 190 valence electrons. The number of aromatic nitrogens is 2. The van der Waals surface area contributed by atoms with E-state index in [2.05, 4.69) is 26.9 Å². The summed E-state index contributed by atoms with van der Waals surface area (Å²) in [6, 6.07) is 16.0. The molecule has 1 fully saturated rings. The average Bonchev–Trinajstić information content (AvgIpc) is 3.49. The van der Waals surface area contributed by atoms with Crippen LogP contribution in [0.5, 0.6) is 11.5 Å². The highest BCUT2D eigenvalue weighted by molar-refractivity contribution is 7.18. The van der Waals surface area contributed by atoms with E-state index < -0.39 is 6.10 Å². The van der Waals surface area contributed by atoms with Gasteiger partial charge in [-0.05, 0) is 50.2 Å². The highest BCUT2D eigenvalue weighted by atomic mass is 32.1. The fraction of sp³-hybridized carbons (Fsp3) is 0.407. The fourth-order valence-electron chi connectivity index (χ4n) is 4.62. The zero-order chi connectivity index (χ0) is 25.1. The average molecular weight is 509 g/mol. The molecule has 36 heavy (non-hydrogen) atoms. The second kappa shape index (κ2) is 11.0. The number of ether oxygens (including phenoxy) is 2. The predicted octanol–water partition coefficient (Wildman–Crippen LogP) is 4.21. The molecule has 0 unspecified atom stereocenters. The van der Waals surface area contributed by atoms with Gasteiger partial charge in [0.05, 0.1) is 28.9 Å². The van der Waals surface area contributed by atoms with Crippen LogP contribution < -0.4 is 9.47 Å². The van der Waals surface area contributed by atoms with Crippen LogP contribution in [-0.2, 0) is 6.54 Å². The van der Waals surface area contributed by atoms with E-state index in [1.54, 1.807) is 18.4 Å². The number of fused-ring (bicyclic) bond motifs is 1. The number of aliphatic hydroxyl groups is 1. The third-order valence-corrected chi connectivity index (χ3v) is 7.48. The van der Waals surface area contributed by atoms with Crippen molar-refractivity contribution >= 4 is 21.6 Å². The standard InChI is InChI=1S/C27H32N4O4S/c1-18-14-30(16-24-13-25(29-35-24)20-4-6-22(33-3)7-5-20)10-11-31(18)15-21(32)17-34-23-8-9-27-26(12-23)28-19(2)36-27/h4-9,12-13,18,21,32H,10-11,14-17H2,1-3H3/t18-,21-/m0/s1. The summed E-state index contributed by atoms with van der Waals surface area (Å²) in [5, 5.41) is 15.9. The number of hydrogen-bond donors (Lipinski definition) is 1. The fourth-order valence-corrected chi connectivity index (χ4v) is 5.43. The van der Waals surface area contributed by atoms with Crippen molar-refractivity contribution < 1.29 is 19.1 Å². The van der Waals surface area contributed by atoms with E-state index in [4.69, 9.17) is 14.0 Å². The number of β-amino-alcohol motifs (C(OH)–C–C–N with tert-alkyl or cyclic N) is 1. The minimum Gasteiger partial charge on any atom is -0.497 e. The molecule has 0 bridgehead atoms. The molecule has 2 aromatic heterocycles. The van der Waals surface area contributed by atoms with Gasteiger partial charge in [0.2, 0.25) is 0 Å². The minimum absolute atomic E-state index is 0.258. The Morgan fingerprint density at radius 3 is 2.72 bits per heavy atom. The Morgan fingerprint density at radius 2 is 1.94 bits per heavy atom. The van der Waals surface area contributed by atoms with Gasteiger partial charge in [0.25, 0.3) is 0 Å². The maximum atomic E-state index is 10.6. The molecular weight excluding hydrogens is 476 g/mol. The van der Waals surface area contributed by atoms with Crippen molar-refractivity contribution in [2.75, 3.05) is 39.9 Å². The molecule has 0 amide bonds. The number of aliphatic hydroxyl groups excluding tert-OH is 1. The second-order valence-electron chi connectivity index (χ2n) is 9.31. The first kappa shape index (κ1) is 24.7. The van der Waals surface area contributed by atoms with Crippen LogP contribution in [0.25, 0.3) is 21.5 Å². The number of aryl methyl sites for hydroxylation is 1. The molecule has 1 N–H and O–H groups in total. The van der Waals surface area contributed by atoms with E-state index in [1.165, 1.54) is 0 Å². The SMILES string of the molecule is COc1ccc(-c2cc(CN3CCN(C[C@H](O)COc4ccc5sc(C)nc5c4)[C@@H](C)C3)on2)cc1. The Balaban J connectivity index is 1.09. The Bertz CT molecular complexity index is 1290. The van der Waals surface area contributed by atoms with E-state index >= 15 is 0 Å². The number of methoxy groups -OCH3 is 1. The first-order chi connectivity index (χ1) is 17.5. The van der Waals surface area contributed by atoms with Crippen LogP contribution in [0.1, 0.15) is 17.7 Å². The van der Waals surface area contributed by atoms with Crippen LogP contribution >= 0.6 is 11.3 Å². The van der Waals surface area contributed by atoms with Crippen LogP contribution in [0.2, 0.25) is 0 Å². The Morgan fingerprint density at radius 1 is 1.14 bits per heavy atom. The number of rotatable bonds is 9. The molecule has 0 aliphatic carbocycles. The smallest absolute Gasteiger partial charge is 0.151 e. The molecule has 5 rings (SSSR count). The van der Waals surface area contributed by atoms with Crippen molar-refractivity contribution in [3.8, 4) is 22.8 Å². The number of benzene rings is 2. The van der Waals surface area contributed by atoms with E-state index in [0.29, 0.717) is 19.1 Å². The molecule has 0 radical (unpaired) electrons. The Labute approximate surface area is 215 Å². The maximum Gasteiger partial charge on any atom is 0.151 e. The van der Waals surface area contributed by atoms with Gasteiger partial charge in [-0.15, -0.1) is 11.3 Å². The zero-order valence-corrected chi connectivity index (χ0v) is 21.7. The first-order valence-corrected chi connectivity index (χ1v) is 13.0. The number of nitrogens with zero attached hydrogens (tertiary/aromatic N) is 4. The largest absolute Gasteiger partial charge is 0.497 e. The molecule has 9 heteroatoms. The summed E-state index contributed by atoms with van der Waals surface area (Å²) in [6.45, 7) is 8.42. The topological polar surface area (TPSA) is 84.1 Å². The van der Waals surface area contributed by atoms with Crippen LogP contribution in [0, 0.1) is 6.92 Å². The molecule has 4 aromatic rings. The first-order valence-electron chi connectivity index (χ1n) is 12.2. The van der Waals surface area contributed by atoms with Gasteiger partial charge in [-0.1, -0.05) is 5.16 Å². The van der Waals surface area contributed by atoms with Gasteiger partial charge in [0, 0.05) is 49.9 Å². The summed E-state index contributed by atoms with van der Waals surface area (Å²) in [6.07, 6.45) is -0.562. The molecule has 8 nitrogen and oxygen atoms in total. The summed E-state index contributed by atoms with van der Waals surface area (Å²) in [4.78, 5) is 9.20. The molecule has 3 heterocycles. The van der Waals surface area contributed by atoms with Gasteiger partial charge >= 0.3 is 0 Å². The lowest BCUT2D eigenvalue weighted by Crippen LogP contribution is -2.53. The van der Waals surface area contributed by atoms with Crippen LogP contribution in [0.15, 0.2) is 53.1 Å². The predicted molar refractivity (Wildman–Crippen MR) is 141 cm³/mol. The molecule has 1 aliphatic heterocycles. The van der Waals surface area contributed by atoms with Gasteiger partial charge < -0.3 is 19.1 Å². The van der Waals surface area contributed by atoms with Gasteiger partial charge in [-0.3, -0.25) is 9.80 Å². The van der Waals surface area contributed by atoms with Crippen LogP contribution in [0.4, 0.5) is 0 Å².